The van der Waals surface area contributed by atoms with Gasteiger partial charge in [0.2, 0.25) is 0 Å². The Morgan fingerprint density at radius 2 is 1.90 bits per heavy atom. The molecule has 0 radical (unpaired) electrons. The van der Waals surface area contributed by atoms with Crippen molar-refractivity contribution < 1.29 is 37.6 Å². The largest absolute Gasteiger partial charge is 0.493 e. The molecule has 1 amide bonds. The molecule has 0 aliphatic carbocycles. The van der Waals surface area contributed by atoms with Crippen LogP contribution in [0.15, 0.2) is 77.9 Å². The summed E-state index contributed by atoms with van der Waals surface area (Å²) >= 11 is 0. The van der Waals surface area contributed by atoms with Crippen LogP contribution in [0.1, 0.15) is 28.8 Å². The first-order chi connectivity index (χ1) is 24.3. The van der Waals surface area contributed by atoms with Gasteiger partial charge in [0, 0.05) is 72.9 Å². The van der Waals surface area contributed by atoms with Crippen LogP contribution in [0.5, 0.6) is 28.7 Å². The van der Waals surface area contributed by atoms with Gasteiger partial charge in [-0.15, -0.1) is 0 Å². The summed E-state index contributed by atoms with van der Waals surface area (Å²) in [4.78, 5) is 33.6. The van der Waals surface area contributed by atoms with Gasteiger partial charge in [-0.2, -0.15) is 0 Å². The van der Waals surface area contributed by atoms with Gasteiger partial charge in [0.15, 0.2) is 23.1 Å². The number of pyridine rings is 2. The lowest BCUT2D eigenvalue weighted by Crippen LogP contribution is -2.29. The fraction of sp³-hybridized carbons (Fsp3) is 0.270. The number of halogens is 2. The van der Waals surface area contributed by atoms with Crippen LogP contribution in [-0.4, -0.2) is 71.5 Å². The van der Waals surface area contributed by atoms with Crippen LogP contribution in [0.3, 0.4) is 0 Å². The van der Waals surface area contributed by atoms with Crippen LogP contribution in [0.25, 0.3) is 16.6 Å². The average Bonchev–Trinajstić information content (AvgIpc) is 3.76. The molecule has 13 heteroatoms. The predicted octanol–water partition coefficient (Wildman–Crippen LogP) is 5.49. The first-order valence-corrected chi connectivity index (χ1v) is 16.2. The molecule has 2 aliphatic rings. The second-order valence-corrected chi connectivity index (χ2v) is 12.1. The van der Waals surface area contributed by atoms with E-state index in [0.717, 1.165) is 32.0 Å². The first-order valence-electron chi connectivity index (χ1n) is 16.2. The molecule has 0 saturated carbocycles. The molecule has 258 valence electrons. The Labute approximate surface area is 285 Å². The summed E-state index contributed by atoms with van der Waals surface area (Å²) in [5.74, 6) is -0.650. The van der Waals surface area contributed by atoms with Crippen LogP contribution < -0.4 is 29.8 Å². The minimum absolute atomic E-state index is 0.0899. The zero-order valence-electron chi connectivity index (χ0n) is 27.2. The van der Waals surface area contributed by atoms with E-state index in [1.807, 2.05) is 0 Å². The maximum atomic E-state index is 15.4. The Morgan fingerprint density at radius 3 is 2.66 bits per heavy atom. The number of methoxy groups -OCH3 is 1. The molecule has 3 aromatic carbocycles. The summed E-state index contributed by atoms with van der Waals surface area (Å²) in [6, 6.07) is 14.3. The first kappa shape index (κ1) is 33.0. The lowest BCUT2D eigenvalue weighted by molar-refractivity contribution is 0.102. The van der Waals surface area contributed by atoms with Crippen LogP contribution >= 0.6 is 0 Å². The van der Waals surface area contributed by atoms with Crippen LogP contribution in [0, 0.1) is 11.6 Å². The van der Waals surface area contributed by atoms with Crippen molar-refractivity contribution in [3.8, 4) is 34.4 Å². The SMILES string of the molecule is COc1cc2c(Oc3ccc(NC(=O)c4c5c(cn(-c6ccc(F)cc6)c4=O)CCO5)cc3F)ccnc2cc1OCCCN1CCC(O)C1. The minimum atomic E-state index is -0.780. The van der Waals surface area contributed by atoms with Crippen LogP contribution in [-0.2, 0) is 6.42 Å². The number of aliphatic hydroxyl groups excluding tert-OH is 1. The Morgan fingerprint density at radius 1 is 1.06 bits per heavy atom. The van der Waals surface area contributed by atoms with Gasteiger partial charge < -0.3 is 34.3 Å². The summed E-state index contributed by atoms with van der Waals surface area (Å²) in [6.07, 6.45) is 4.90. The van der Waals surface area contributed by atoms with Crippen LogP contribution in [0.2, 0.25) is 0 Å². The number of hydrogen-bond donors (Lipinski definition) is 2. The molecule has 1 atom stereocenters. The number of aliphatic hydroxyl groups is 1. The van der Waals surface area contributed by atoms with Crippen molar-refractivity contribution >= 4 is 22.5 Å². The predicted molar refractivity (Wildman–Crippen MR) is 181 cm³/mol. The number of fused-ring (bicyclic) bond motifs is 2. The van der Waals surface area contributed by atoms with Gasteiger partial charge in [0.25, 0.3) is 11.5 Å². The number of anilines is 1. The number of carbonyl (C=O) groups is 1. The van der Waals surface area contributed by atoms with E-state index in [9.17, 15) is 19.1 Å². The minimum Gasteiger partial charge on any atom is -0.493 e. The highest BCUT2D eigenvalue weighted by Crippen LogP contribution is 2.38. The summed E-state index contributed by atoms with van der Waals surface area (Å²) < 4.78 is 53.4. The number of nitrogens with zero attached hydrogens (tertiary/aromatic N) is 3. The standard InChI is InChI=1S/C37H34F2N4O7/c1-47-32-18-27-29(19-33(32)48-15-2-13-42-14-10-26(44)21-42)40-12-9-30(27)50-31-8-5-24(17-28(31)39)41-36(45)34-35-22(11-16-49-35)20-43(37(34)46)25-6-3-23(38)4-7-25/h3-9,12,17-20,26,44H,2,10-11,13-16,21H2,1H3,(H,41,45). The van der Waals surface area contributed by atoms with Gasteiger partial charge in [0.05, 0.1) is 31.9 Å². The summed E-state index contributed by atoms with van der Waals surface area (Å²) in [6.45, 7) is 3.10. The number of amides is 1. The van der Waals surface area contributed by atoms with E-state index in [-0.39, 0.29) is 28.9 Å². The van der Waals surface area contributed by atoms with Gasteiger partial charge >= 0.3 is 0 Å². The van der Waals surface area contributed by atoms with Gasteiger partial charge in [-0.05, 0) is 61.4 Å². The fourth-order valence-electron chi connectivity index (χ4n) is 6.20. The van der Waals surface area contributed by atoms with E-state index in [0.29, 0.717) is 65.6 Å². The van der Waals surface area contributed by atoms with Gasteiger partial charge in [-0.3, -0.25) is 19.1 Å². The fourth-order valence-corrected chi connectivity index (χ4v) is 6.20. The van der Waals surface area contributed by atoms with E-state index >= 15 is 4.39 Å². The molecule has 1 unspecified atom stereocenters. The molecule has 2 aliphatic heterocycles. The van der Waals surface area contributed by atoms with Gasteiger partial charge in [-0.1, -0.05) is 0 Å². The topological polar surface area (TPSA) is 124 Å². The maximum absolute atomic E-state index is 15.4. The van der Waals surface area contributed by atoms with E-state index in [1.165, 1.54) is 54.3 Å². The third-order valence-electron chi connectivity index (χ3n) is 8.71. The zero-order chi connectivity index (χ0) is 34.8. The molecule has 50 heavy (non-hydrogen) atoms. The second kappa shape index (κ2) is 14.1. The number of rotatable bonds is 11. The smallest absolute Gasteiger partial charge is 0.271 e. The molecule has 4 heterocycles. The van der Waals surface area contributed by atoms with Crippen molar-refractivity contribution in [3.63, 3.8) is 0 Å². The number of nitrogens with one attached hydrogen (secondary N) is 1. The Bertz CT molecular complexity index is 2120. The number of β-amino-alcohol motifs (C(OH)–C–C–N with tert-alkyl or cyclic N) is 1. The molecular weight excluding hydrogens is 650 g/mol. The summed E-state index contributed by atoms with van der Waals surface area (Å²) in [5.41, 5.74) is 0.769. The quantitative estimate of drug-likeness (QED) is 0.174. The highest BCUT2D eigenvalue weighted by Gasteiger charge is 2.27. The molecule has 0 spiro atoms. The van der Waals surface area contributed by atoms with Crippen molar-refractivity contribution in [1.29, 1.82) is 0 Å². The Balaban J connectivity index is 1.07. The third kappa shape index (κ3) is 6.82. The molecule has 1 saturated heterocycles. The molecule has 2 aromatic heterocycles. The molecule has 7 rings (SSSR count). The Hall–Kier alpha value is -5.53. The van der Waals surface area contributed by atoms with Crippen molar-refractivity contribution in [1.82, 2.24) is 14.5 Å². The lowest BCUT2D eigenvalue weighted by atomic mass is 10.1. The lowest BCUT2D eigenvalue weighted by Gasteiger charge is -2.16. The molecule has 0 bridgehead atoms. The van der Waals surface area contributed by atoms with E-state index in [1.54, 1.807) is 24.4 Å². The van der Waals surface area contributed by atoms with Gasteiger partial charge in [-0.25, -0.2) is 8.78 Å². The van der Waals surface area contributed by atoms with E-state index in [2.05, 4.69) is 15.2 Å². The van der Waals surface area contributed by atoms with Crippen molar-refractivity contribution in [3.05, 3.63) is 106 Å². The van der Waals surface area contributed by atoms with E-state index < -0.39 is 23.1 Å². The molecular formula is C37H34F2N4O7. The summed E-state index contributed by atoms with van der Waals surface area (Å²) in [7, 11) is 1.52. The van der Waals surface area contributed by atoms with Crippen molar-refractivity contribution in [2.75, 3.05) is 45.3 Å². The number of hydrogen-bond acceptors (Lipinski definition) is 9. The number of likely N-dealkylation sites (tertiary alicyclic amines) is 1. The number of benzene rings is 3. The molecule has 11 nitrogen and oxygen atoms in total. The highest BCUT2D eigenvalue weighted by atomic mass is 19.1. The molecule has 1 fully saturated rings. The number of ether oxygens (including phenoxy) is 4. The normalized spacial score (nSPS) is 15.5. The van der Waals surface area contributed by atoms with E-state index in [4.69, 9.17) is 18.9 Å². The van der Waals surface area contributed by atoms with Gasteiger partial charge in [0.1, 0.15) is 22.9 Å². The van der Waals surface area contributed by atoms with Crippen LogP contribution in [0.4, 0.5) is 14.5 Å². The molecule has 2 N–H and O–H groups in total. The summed E-state index contributed by atoms with van der Waals surface area (Å²) in [5, 5.41) is 12.9. The highest BCUT2D eigenvalue weighted by molar-refractivity contribution is 6.06. The van der Waals surface area contributed by atoms with Crippen molar-refractivity contribution in [2.24, 2.45) is 0 Å². The third-order valence-corrected chi connectivity index (χ3v) is 8.71. The second-order valence-electron chi connectivity index (χ2n) is 12.1. The number of aromatic nitrogens is 2. The Kier molecular flexibility index (Phi) is 9.33. The van der Waals surface area contributed by atoms with Crippen molar-refractivity contribution in [2.45, 2.75) is 25.4 Å². The zero-order valence-corrected chi connectivity index (χ0v) is 27.2. The monoisotopic (exact) mass is 684 g/mol. The maximum Gasteiger partial charge on any atom is 0.271 e. The average molecular weight is 685 g/mol. The molecule has 5 aromatic rings. The number of carbonyl (C=O) groups excluding carboxylic acids is 1.